The van der Waals surface area contributed by atoms with Gasteiger partial charge in [0.2, 0.25) is 0 Å². The molecule has 2 rings (SSSR count). The molecule has 5 heteroatoms. The van der Waals surface area contributed by atoms with Crippen molar-refractivity contribution in [3.63, 3.8) is 0 Å². The number of carbonyl (C=O) groups is 1. The summed E-state index contributed by atoms with van der Waals surface area (Å²) < 4.78 is 10.1. The van der Waals surface area contributed by atoms with Crippen LogP contribution in [0.25, 0.3) is 0 Å². The first-order chi connectivity index (χ1) is 8.15. The van der Waals surface area contributed by atoms with Crippen LogP contribution in [0.4, 0.5) is 0 Å². The first-order valence-electron chi connectivity index (χ1n) is 5.68. The maximum Gasteiger partial charge on any atom is 0.287 e. The van der Waals surface area contributed by atoms with Crippen LogP contribution < -0.4 is 5.32 Å². The van der Waals surface area contributed by atoms with Gasteiger partial charge in [-0.3, -0.25) is 4.79 Å². The number of furan rings is 1. The summed E-state index contributed by atoms with van der Waals surface area (Å²) in [5.74, 6) is 0.0538. The standard InChI is InChI=1S/C12H16ClNO3/c1-16-7-6-12(4-5-12)8-14-11(15)9-2-3-10(13)17-9/h2-3H,4-8H2,1H3,(H,14,15). The summed E-state index contributed by atoms with van der Waals surface area (Å²) in [6.45, 7) is 1.41. The minimum Gasteiger partial charge on any atom is -0.440 e. The second-order valence-corrected chi connectivity index (χ2v) is 4.90. The van der Waals surface area contributed by atoms with Crippen LogP contribution in [-0.2, 0) is 4.74 Å². The molecular formula is C12H16ClNO3. The van der Waals surface area contributed by atoms with Crippen molar-refractivity contribution >= 4 is 17.5 Å². The zero-order valence-electron chi connectivity index (χ0n) is 9.79. The average Bonchev–Trinajstić information content (AvgIpc) is 2.97. The largest absolute Gasteiger partial charge is 0.440 e. The summed E-state index contributed by atoms with van der Waals surface area (Å²) in [5, 5.41) is 3.11. The first kappa shape index (κ1) is 12.5. The molecule has 0 aromatic carbocycles. The predicted molar refractivity (Wildman–Crippen MR) is 64.2 cm³/mol. The fraction of sp³-hybridized carbons (Fsp3) is 0.583. The van der Waals surface area contributed by atoms with Crippen molar-refractivity contribution < 1.29 is 13.9 Å². The molecule has 0 radical (unpaired) electrons. The molecule has 1 amide bonds. The van der Waals surface area contributed by atoms with E-state index in [4.69, 9.17) is 20.8 Å². The zero-order valence-corrected chi connectivity index (χ0v) is 10.5. The Hall–Kier alpha value is -1.00. The fourth-order valence-electron chi connectivity index (χ4n) is 1.80. The van der Waals surface area contributed by atoms with Crippen molar-refractivity contribution in [3.8, 4) is 0 Å². The average molecular weight is 258 g/mol. The SMILES string of the molecule is COCCC1(CNC(=O)c2ccc(Cl)o2)CC1. The zero-order chi connectivity index (χ0) is 12.3. The predicted octanol–water partition coefficient (Wildman–Crippen LogP) is 2.48. The highest BCUT2D eigenvalue weighted by Crippen LogP contribution is 2.48. The van der Waals surface area contributed by atoms with Gasteiger partial charge in [-0.2, -0.15) is 0 Å². The Morgan fingerprint density at radius 2 is 2.35 bits per heavy atom. The van der Waals surface area contributed by atoms with Gasteiger partial charge in [-0.1, -0.05) is 0 Å². The second kappa shape index (κ2) is 5.10. The van der Waals surface area contributed by atoms with Gasteiger partial charge in [0.25, 0.3) is 5.91 Å². The molecule has 1 fully saturated rings. The summed E-state index contributed by atoms with van der Waals surface area (Å²) >= 11 is 5.61. The van der Waals surface area contributed by atoms with Crippen LogP contribution in [0.1, 0.15) is 29.8 Å². The molecule has 17 heavy (non-hydrogen) atoms. The number of hydrogen-bond acceptors (Lipinski definition) is 3. The van der Waals surface area contributed by atoms with Gasteiger partial charge < -0.3 is 14.5 Å². The van der Waals surface area contributed by atoms with Crippen LogP contribution in [0.3, 0.4) is 0 Å². The van der Waals surface area contributed by atoms with Crippen molar-refractivity contribution in [3.05, 3.63) is 23.1 Å². The molecule has 1 saturated carbocycles. The van der Waals surface area contributed by atoms with Crippen molar-refractivity contribution in [1.29, 1.82) is 0 Å². The van der Waals surface area contributed by atoms with Gasteiger partial charge in [-0.15, -0.1) is 0 Å². The Morgan fingerprint density at radius 3 is 2.88 bits per heavy atom. The molecule has 0 saturated heterocycles. The van der Waals surface area contributed by atoms with E-state index in [-0.39, 0.29) is 22.3 Å². The molecule has 1 aromatic rings. The topological polar surface area (TPSA) is 51.5 Å². The lowest BCUT2D eigenvalue weighted by Gasteiger charge is -2.14. The van der Waals surface area contributed by atoms with E-state index in [2.05, 4.69) is 5.32 Å². The van der Waals surface area contributed by atoms with Crippen LogP contribution in [0.5, 0.6) is 0 Å². The highest BCUT2D eigenvalue weighted by molar-refractivity contribution is 6.29. The summed E-state index contributed by atoms with van der Waals surface area (Å²) in [6.07, 6.45) is 3.29. The summed E-state index contributed by atoms with van der Waals surface area (Å²) in [6, 6.07) is 3.14. The minimum absolute atomic E-state index is 0.208. The molecule has 0 unspecified atom stereocenters. The van der Waals surface area contributed by atoms with E-state index in [0.29, 0.717) is 6.54 Å². The summed E-state index contributed by atoms with van der Waals surface area (Å²) in [4.78, 5) is 11.7. The highest BCUT2D eigenvalue weighted by atomic mass is 35.5. The Kier molecular flexibility index (Phi) is 3.74. The Balaban J connectivity index is 1.80. The van der Waals surface area contributed by atoms with Crippen LogP contribution in [-0.4, -0.2) is 26.2 Å². The molecule has 1 heterocycles. The number of methoxy groups -OCH3 is 1. The number of nitrogens with one attached hydrogen (secondary N) is 1. The van der Waals surface area contributed by atoms with E-state index in [1.807, 2.05) is 0 Å². The van der Waals surface area contributed by atoms with Gasteiger partial charge in [-0.05, 0) is 48.4 Å². The third-order valence-corrected chi connectivity index (χ3v) is 3.42. The Labute approximate surface area is 105 Å². The smallest absolute Gasteiger partial charge is 0.287 e. The molecule has 1 aliphatic rings. The van der Waals surface area contributed by atoms with E-state index >= 15 is 0 Å². The fourth-order valence-corrected chi connectivity index (χ4v) is 1.95. The molecule has 0 atom stereocenters. The maximum atomic E-state index is 11.7. The molecule has 0 bridgehead atoms. The molecule has 94 valence electrons. The van der Waals surface area contributed by atoms with E-state index in [0.717, 1.165) is 25.9 Å². The number of carbonyl (C=O) groups excluding carboxylic acids is 1. The van der Waals surface area contributed by atoms with Gasteiger partial charge in [0.05, 0.1) is 0 Å². The highest BCUT2D eigenvalue weighted by Gasteiger charge is 2.42. The third-order valence-electron chi connectivity index (χ3n) is 3.21. The maximum absolute atomic E-state index is 11.7. The third kappa shape index (κ3) is 3.23. The molecule has 1 aliphatic carbocycles. The molecule has 1 N–H and O–H groups in total. The monoisotopic (exact) mass is 257 g/mol. The lowest BCUT2D eigenvalue weighted by Crippen LogP contribution is -2.30. The van der Waals surface area contributed by atoms with Crippen LogP contribution >= 0.6 is 11.6 Å². The van der Waals surface area contributed by atoms with Crippen molar-refractivity contribution in [2.75, 3.05) is 20.3 Å². The molecule has 0 spiro atoms. The lowest BCUT2D eigenvalue weighted by molar-refractivity contribution is 0.0910. The van der Waals surface area contributed by atoms with Gasteiger partial charge in [0.1, 0.15) is 0 Å². The number of amides is 1. The van der Waals surface area contributed by atoms with Crippen LogP contribution in [0, 0.1) is 5.41 Å². The molecule has 1 aromatic heterocycles. The Morgan fingerprint density at radius 1 is 1.59 bits per heavy atom. The lowest BCUT2D eigenvalue weighted by atomic mass is 10.0. The Bertz CT molecular complexity index is 398. The minimum atomic E-state index is -0.208. The molecular weight excluding hydrogens is 242 g/mol. The van der Waals surface area contributed by atoms with Crippen LogP contribution in [0.15, 0.2) is 16.5 Å². The van der Waals surface area contributed by atoms with E-state index in [1.165, 1.54) is 0 Å². The molecule has 4 nitrogen and oxygen atoms in total. The summed E-state index contributed by atoms with van der Waals surface area (Å²) in [7, 11) is 1.69. The van der Waals surface area contributed by atoms with Gasteiger partial charge in [0, 0.05) is 20.3 Å². The van der Waals surface area contributed by atoms with Gasteiger partial charge in [-0.25, -0.2) is 0 Å². The summed E-state index contributed by atoms with van der Waals surface area (Å²) in [5.41, 5.74) is 0.238. The van der Waals surface area contributed by atoms with Crippen molar-refractivity contribution in [1.82, 2.24) is 5.32 Å². The second-order valence-electron chi connectivity index (χ2n) is 4.53. The van der Waals surface area contributed by atoms with Crippen molar-refractivity contribution in [2.45, 2.75) is 19.3 Å². The first-order valence-corrected chi connectivity index (χ1v) is 6.05. The van der Waals surface area contributed by atoms with Crippen molar-refractivity contribution in [2.24, 2.45) is 5.41 Å². The van der Waals surface area contributed by atoms with Gasteiger partial charge >= 0.3 is 0 Å². The van der Waals surface area contributed by atoms with E-state index in [1.54, 1.807) is 19.2 Å². The van der Waals surface area contributed by atoms with Crippen LogP contribution in [0.2, 0.25) is 5.22 Å². The number of rotatable bonds is 6. The number of hydrogen-bond donors (Lipinski definition) is 1. The molecule has 0 aliphatic heterocycles. The number of halogens is 1. The normalized spacial score (nSPS) is 16.8. The quantitative estimate of drug-likeness (QED) is 0.852. The number of ether oxygens (including phenoxy) is 1. The van der Waals surface area contributed by atoms with Gasteiger partial charge in [0.15, 0.2) is 11.0 Å². The van der Waals surface area contributed by atoms with E-state index < -0.39 is 0 Å². The van der Waals surface area contributed by atoms with E-state index in [9.17, 15) is 4.79 Å².